The summed E-state index contributed by atoms with van der Waals surface area (Å²) in [5.74, 6) is -1.15. The molecule has 0 aliphatic carbocycles. The molecule has 13 heavy (non-hydrogen) atoms. The van der Waals surface area contributed by atoms with Crippen molar-refractivity contribution < 1.29 is 19.8 Å². The van der Waals surface area contributed by atoms with Gasteiger partial charge in [0.05, 0.1) is 0 Å². The fourth-order valence-electron chi connectivity index (χ4n) is 0.665. The lowest BCUT2D eigenvalue weighted by molar-refractivity contribution is -0.139. The first-order chi connectivity index (χ1) is 5.99. The van der Waals surface area contributed by atoms with Crippen molar-refractivity contribution in [3.8, 4) is 0 Å². The number of aliphatic carboxylic acids is 1. The number of amides is 2. The minimum atomic E-state index is -1.15. The van der Waals surface area contributed by atoms with Crippen LogP contribution >= 0.6 is 0 Å². The summed E-state index contributed by atoms with van der Waals surface area (Å²) in [5.41, 5.74) is 0. The van der Waals surface area contributed by atoms with Crippen LogP contribution in [0.2, 0.25) is 0 Å². The van der Waals surface area contributed by atoms with Gasteiger partial charge in [-0.25, -0.2) is 9.59 Å². The zero-order valence-electron chi connectivity index (χ0n) is 7.65. The molecule has 0 aliphatic heterocycles. The normalized spacial score (nSPS) is 11.9. The molecule has 0 fully saturated rings. The molecule has 0 heterocycles. The molecule has 0 aromatic rings. The molecule has 6 nitrogen and oxygen atoms in total. The number of nitrogens with zero attached hydrogens (tertiary/aromatic N) is 1. The van der Waals surface area contributed by atoms with Crippen molar-refractivity contribution in [3.63, 3.8) is 0 Å². The highest BCUT2D eigenvalue weighted by atomic mass is 16.4. The van der Waals surface area contributed by atoms with E-state index in [1.54, 1.807) is 0 Å². The van der Waals surface area contributed by atoms with Crippen LogP contribution in [0.3, 0.4) is 0 Å². The molecular weight excluding hydrogens is 176 g/mol. The Balaban J connectivity index is 4.10. The first kappa shape index (κ1) is 11.7. The smallest absolute Gasteiger partial charge is 0.326 e. The number of hydrogen-bond donors (Lipinski definition) is 3. The lowest BCUT2D eigenvalue weighted by Crippen LogP contribution is -2.45. The first-order valence-corrected chi connectivity index (χ1v) is 3.80. The molecule has 0 rings (SSSR count). The average Bonchev–Trinajstić information content (AvgIpc) is 2.03. The number of carboxylic acids is 1. The summed E-state index contributed by atoms with van der Waals surface area (Å²) in [7, 11) is 3.01. The van der Waals surface area contributed by atoms with E-state index < -0.39 is 18.0 Å². The largest absolute Gasteiger partial charge is 0.480 e. The zero-order chi connectivity index (χ0) is 10.4. The molecule has 76 valence electrons. The monoisotopic (exact) mass is 190 g/mol. The summed E-state index contributed by atoms with van der Waals surface area (Å²) in [5, 5.41) is 19.3. The first-order valence-electron chi connectivity index (χ1n) is 3.80. The quantitative estimate of drug-likeness (QED) is 0.535. The standard InChI is InChI=1S/C7H14N2O4/c1-9(2)7(13)8-5(3-4-10)6(11)12/h5,10H,3-4H2,1-2H3,(H,8,13)(H,11,12). The molecule has 0 spiro atoms. The Morgan fingerprint density at radius 2 is 2.00 bits per heavy atom. The lowest BCUT2D eigenvalue weighted by atomic mass is 10.2. The maximum atomic E-state index is 11.0. The Hall–Kier alpha value is -1.30. The highest BCUT2D eigenvalue weighted by Crippen LogP contribution is 1.92. The molecule has 1 atom stereocenters. The fraction of sp³-hybridized carbons (Fsp3) is 0.714. The number of carbonyl (C=O) groups excluding carboxylic acids is 1. The van der Waals surface area contributed by atoms with E-state index in [1.807, 2.05) is 0 Å². The number of aliphatic hydroxyl groups is 1. The van der Waals surface area contributed by atoms with E-state index >= 15 is 0 Å². The zero-order valence-corrected chi connectivity index (χ0v) is 7.65. The van der Waals surface area contributed by atoms with Gasteiger partial charge in [-0.3, -0.25) is 0 Å². The van der Waals surface area contributed by atoms with E-state index in [-0.39, 0.29) is 13.0 Å². The summed E-state index contributed by atoms with van der Waals surface area (Å²) in [6, 6.07) is -1.51. The number of rotatable bonds is 4. The fourth-order valence-corrected chi connectivity index (χ4v) is 0.665. The molecule has 3 N–H and O–H groups in total. The Morgan fingerprint density at radius 1 is 1.46 bits per heavy atom. The van der Waals surface area contributed by atoms with Gasteiger partial charge in [-0.1, -0.05) is 0 Å². The molecule has 1 unspecified atom stereocenters. The van der Waals surface area contributed by atoms with Gasteiger partial charge in [0.2, 0.25) is 0 Å². The second-order valence-electron chi connectivity index (χ2n) is 2.75. The molecule has 0 aliphatic rings. The number of carboxylic acid groups (broad SMARTS) is 1. The van der Waals surface area contributed by atoms with Crippen LogP contribution in [0.5, 0.6) is 0 Å². The number of nitrogens with one attached hydrogen (secondary N) is 1. The Morgan fingerprint density at radius 3 is 2.31 bits per heavy atom. The Labute approximate surface area is 76.2 Å². The van der Waals surface area contributed by atoms with Crippen LogP contribution in [-0.4, -0.2) is 53.9 Å². The van der Waals surface area contributed by atoms with Crippen LogP contribution in [0, 0.1) is 0 Å². The number of hydrogen-bond acceptors (Lipinski definition) is 3. The summed E-state index contributed by atoms with van der Waals surface area (Å²) >= 11 is 0. The predicted molar refractivity (Wildman–Crippen MR) is 45.3 cm³/mol. The third-order valence-electron chi connectivity index (χ3n) is 1.42. The van der Waals surface area contributed by atoms with Gasteiger partial charge in [-0.05, 0) is 0 Å². The molecule has 6 heteroatoms. The number of carbonyl (C=O) groups is 2. The lowest BCUT2D eigenvalue weighted by Gasteiger charge is -2.16. The van der Waals surface area contributed by atoms with Crippen LogP contribution in [0.1, 0.15) is 6.42 Å². The number of aliphatic hydroxyl groups excluding tert-OH is 1. The van der Waals surface area contributed by atoms with Gasteiger partial charge >= 0.3 is 12.0 Å². The summed E-state index contributed by atoms with van der Waals surface area (Å²) in [6.07, 6.45) is 0.00884. The van der Waals surface area contributed by atoms with Crippen LogP contribution in [0.15, 0.2) is 0 Å². The molecule has 0 saturated heterocycles. The van der Waals surface area contributed by atoms with Crippen LogP contribution in [0.25, 0.3) is 0 Å². The van der Waals surface area contributed by atoms with Crippen molar-refractivity contribution in [1.29, 1.82) is 0 Å². The number of urea groups is 1. The van der Waals surface area contributed by atoms with Gasteiger partial charge in [0.25, 0.3) is 0 Å². The van der Waals surface area contributed by atoms with E-state index in [2.05, 4.69) is 5.32 Å². The Bertz CT molecular complexity index is 193. The minimum absolute atomic E-state index is 0.00884. The van der Waals surface area contributed by atoms with Crippen molar-refractivity contribution in [2.45, 2.75) is 12.5 Å². The molecule has 0 bridgehead atoms. The molecule has 2 amide bonds. The average molecular weight is 190 g/mol. The van der Waals surface area contributed by atoms with Gasteiger partial charge in [-0.2, -0.15) is 0 Å². The van der Waals surface area contributed by atoms with Crippen molar-refractivity contribution in [2.75, 3.05) is 20.7 Å². The summed E-state index contributed by atoms with van der Waals surface area (Å²) in [6.45, 7) is -0.273. The summed E-state index contributed by atoms with van der Waals surface area (Å²) in [4.78, 5) is 22.7. The molecule has 0 saturated carbocycles. The van der Waals surface area contributed by atoms with Crippen LogP contribution < -0.4 is 5.32 Å². The SMILES string of the molecule is CN(C)C(=O)NC(CCO)C(=O)O. The van der Waals surface area contributed by atoms with E-state index in [1.165, 1.54) is 19.0 Å². The van der Waals surface area contributed by atoms with Gasteiger partial charge in [-0.15, -0.1) is 0 Å². The van der Waals surface area contributed by atoms with Crippen molar-refractivity contribution in [2.24, 2.45) is 0 Å². The third kappa shape index (κ3) is 4.32. The maximum Gasteiger partial charge on any atom is 0.326 e. The van der Waals surface area contributed by atoms with E-state index in [0.29, 0.717) is 0 Å². The maximum absolute atomic E-state index is 11.0. The Kier molecular flexibility index (Phi) is 4.83. The highest BCUT2D eigenvalue weighted by Gasteiger charge is 2.19. The van der Waals surface area contributed by atoms with Crippen LogP contribution in [-0.2, 0) is 4.79 Å². The second kappa shape index (κ2) is 5.36. The van der Waals surface area contributed by atoms with Crippen molar-refractivity contribution in [3.05, 3.63) is 0 Å². The predicted octanol–water partition coefficient (Wildman–Crippen LogP) is -0.907. The van der Waals surface area contributed by atoms with Gasteiger partial charge in [0.15, 0.2) is 0 Å². The minimum Gasteiger partial charge on any atom is -0.480 e. The van der Waals surface area contributed by atoms with E-state index in [4.69, 9.17) is 10.2 Å². The summed E-state index contributed by atoms with van der Waals surface area (Å²) < 4.78 is 0. The van der Waals surface area contributed by atoms with Crippen LogP contribution in [0.4, 0.5) is 4.79 Å². The van der Waals surface area contributed by atoms with Gasteiger partial charge in [0, 0.05) is 27.1 Å². The van der Waals surface area contributed by atoms with Gasteiger partial charge < -0.3 is 20.4 Å². The highest BCUT2D eigenvalue weighted by molar-refractivity contribution is 5.82. The second-order valence-corrected chi connectivity index (χ2v) is 2.75. The van der Waals surface area contributed by atoms with Crippen molar-refractivity contribution in [1.82, 2.24) is 10.2 Å². The van der Waals surface area contributed by atoms with Crippen molar-refractivity contribution >= 4 is 12.0 Å². The molecular formula is C7H14N2O4. The molecule has 0 aromatic carbocycles. The molecule has 0 aromatic heterocycles. The topological polar surface area (TPSA) is 89.9 Å². The van der Waals surface area contributed by atoms with E-state index in [9.17, 15) is 9.59 Å². The molecule has 0 radical (unpaired) electrons. The third-order valence-corrected chi connectivity index (χ3v) is 1.42. The van der Waals surface area contributed by atoms with E-state index in [0.717, 1.165) is 0 Å². The van der Waals surface area contributed by atoms with Gasteiger partial charge in [0.1, 0.15) is 6.04 Å².